The van der Waals surface area contributed by atoms with Crippen molar-refractivity contribution >= 4 is 46.1 Å². The van der Waals surface area contributed by atoms with Crippen LogP contribution in [0.1, 0.15) is 78.2 Å². The average molecular weight is 845 g/mol. The van der Waals surface area contributed by atoms with Gasteiger partial charge in [-0.15, -0.1) is 10.2 Å². The SMILES string of the molecule is Cc1cc([C@@H]2CN(c3cc(-c4ccccc4O)nnc3N)C[C@H](C)O2)ccc1C(=O)N1CCC(F)(CN2CCC(n3cc(C)c4cc(N5CCC(=O)NC5=O)cnc43)CC2)CC1. The molecule has 4 amide bonds. The van der Waals surface area contributed by atoms with Gasteiger partial charge < -0.3 is 34.8 Å². The molecule has 16 heteroatoms. The molecule has 15 nitrogen and oxygen atoms in total. The number of fused-ring (bicyclic) bond motifs is 1. The summed E-state index contributed by atoms with van der Waals surface area (Å²) in [6, 6.07) is 16.4. The lowest BCUT2D eigenvalue weighted by Gasteiger charge is -2.41. The van der Waals surface area contributed by atoms with Crippen molar-refractivity contribution in [1.29, 1.82) is 0 Å². The molecule has 62 heavy (non-hydrogen) atoms. The van der Waals surface area contributed by atoms with Gasteiger partial charge in [0, 0.05) is 100 Å². The van der Waals surface area contributed by atoms with E-state index >= 15 is 4.39 Å². The minimum Gasteiger partial charge on any atom is -0.507 e. The Morgan fingerprint density at radius 2 is 1.76 bits per heavy atom. The van der Waals surface area contributed by atoms with Crippen molar-refractivity contribution in [3.63, 3.8) is 0 Å². The van der Waals surface area contributed by atoms with Gasteiger partial charge in [-0.3, -0.25) is 19.8 Å². The summed E-state index contributed by atoms with van der Waals surface area (Å²) in [6.07, 6.45) is 5.93. The molecule has 324 valence electrons. The fourth-order valence-corrected chi connectivity index (χ4v) is 9.64. The van der Waals surface area contributed by atoms with Crippen LogP contribution in [-0.4, -0.2) is 117 Å². The number of likely N-dealkylation sites (tertiary alicyclic amines) is 2. The van der Waals surface area contributed by atoms with Gasteiger partial charge in [0.15, 0.2) is 5.82 Å². The highest BCUT2D eigenvalue weighted by atomic mass is 19.1. The Balaban J connectivity index is 0.790. The van der Waals surface area contributed by atoms with Crippen LogP contribution in [0.25, 0.3) is 22.3 Å². The number of nitrogens with zero attached hydrogens (tertiary/aromatic N) is 8. The Labute approximate surface area is 359 Å². The molecule has 4 saturated heterocycles. The molecule has 0 spiro atoms. The molecule has 7 heterocycles. The first-order valence-electron chi connectivity index (χ1n) is 21.5. The first-order valence-corrected chi connectivity index (χ1v) is 21.5. The number of anilines is 3. The van der Waals surface area contributed by atoms with Crippen LogP contribution in [0.3, 0.4) is 0 Å². The van der Waals surface area contributed by atoms with Crippen LogP contribution in [0, 0.1) is 13.8 Å². The van der Waals surface area contributed by atoms with Gasteiger partial charge in [0.1, 0.15) is 23.2 Å². The van der Waals surface area contributed by atoms with Crippen LogP contribution >= 0.6 is 0 Å². The number of aryl methyl sites for hydroxylation is 2. The van der Waals surface area contributed by atoms with E-state index in [0.717, 1.165) is 53.7 Å². The van der Waals surface area contributed by atoms with Gasteiger partial charge in [-0.05, 0) is 80.6 Å². The number of phenols is 1. The number of carbonyl (C=O) groups is 3. The van der Waals surface area contributed by atoms with E-state index in [4.69, 9.17) is 15.5 Å². The van der Waals surface area contributed by atoms with E-state index in [1.165, 1.54) is 0 Å². The van der Waals surface area contributed by atoms with Crippen molar-refractivity contribution in [3.8, 4) is 17.0 Å². The number of para-hydroxylation sites is 1. The molecule has 5 aromatic rings. The van der Waals surface area contributed by atoms with Crippen molar-refractivity contribution in [3.05, 3.63) is 89.2 Å². The summed E-state index contributed by atoms with van der Waals surface area (Å²) in [7, 11) is 0. The summed E-state index contributed by atoms with van der Waals surface area (Å²) < 4.78 is 25.1. The van der Waals surface area contributed by atoms with Crippen molar-refractivity contribution in [2.24, 2.45) is 0 Å². The molecule has 4 N–H and O–H groups in total. The highest BCUT2D eigenvalue weighted by molar-refractivity contribution is 6.06. The van der Waals surface area contributed by atoms with Crippen LogP contribution in [0.2, 0.25) is 0 Å². The van der Waals surface area contributed by atoms with Gasteiger partial charge in [-0.1, -0.05) is 24.3 Å². The Bertz CT molecular complexity index is 2530. The third-order valence-electron chi connectivity index (χ3n) is 13.1. The van der Waals surface area contributed by atoms with E-state index in [9.17, 15) is 19.5 Å². The number of piperidine rings is 2. The van der Waals surface area contributed by atoms with E-state index in [2.05, 4.69) is 36.1 Å². The second-order valence-corrected chi connectivity index (χ2v) is 17.4. The maximum Gasteiger partial charge on any atom is 0.328 e. The molecule has 3 aromatic heterocycles. The standard InChI is InChI=1S/C46H53FN10O5/c1-28-20-31(40-26-55(25-30(3)62-40)38-22-37(51-52-42(38)48)35-6-4-5-7-39(35)58)8-9-34(28)44(60)54-18-13-46(47,14-19-54)27-53-15-10-32(11-16-53)57-24-29(2)36-21-33(23-49-43(36)57)56-17-12-41(59)50-45(56)61/h4-9,20-24,30,32,40,58H,10-19,25-27H2,1-3H3,(H2,48,52)(H,50,59,61)/t30-,40-/m0/s1. The van der Waals surface area contributed by atoms with Gasteiger partial charge in [0.25, 0.3) is 5.91 Å². The fraction of sp³-hybridized carbons (Fsp3) is 0.435. The number of halogens is 1. The number of alkyl halides is 1. The molecule has 0 unspecified atom stereocenters. The monoisotopic (exact) mass is 844 g/mol. The number of nitrogens with one attached hydrogen (secondary N) is 1. The predicted octanol–water partition coefficient (Wildman–Crippen LogP) is 6.09. The number of carbonyl (C=O) groups excluding carboxylic acids is 3. The molecule has 4 aliphatic rings. The molecular weight excluding hydrogens is 792 g/mol. The number of amides is 4. The zero-order valence-corrected chi connectivity index (χ0v) is 35.4. The van der Waals surface area contributed by atoms with Gasteiger partial charge >= 0.3 is 6.03 Å². The van der Waals surface area contributed by atoms with Crippen molar-refractivity contribution < 1.29 is 28.6 Å². The highest BCUT2D eigenvalue weighted by Crippen LogP contribution is 2.37. The molecule has 2 aromatic carbocycles. The first kappa shape index (κ1) is 41.2. The average Bonchev–Trinajstić information content (AvgIpc) is 3.59. The summed E-state index contributed by atoms with van der Waals surface area (Å²) >= 11 is 0. The van der Waals surface area contributed by atoms with Gasteiger partial charge in [-0.25, -0.2) is 14.2 Å². The number of rotatable bonds is 8. The minimum atomic E-state index is -1.38. The largest absolute Gasteiger partial charge is 0.507 e. The van der Waals surface area contributed by atoms with Crippen molar-refractivity contribution in [1.82, 2.24) is 34.9 Å². The first-order chi connectivity index (χ1) is 29.8. The Morgan fingerprint density at radius 1 is 0.984 bits per heavy atom. The van der Waals surface area contributed by atoms with Crippen LogP contribution < -0.4 is 20.9 Å². The van der Waals surface area contributed by atoms with E-state index in [1.807, 2.05) is 57.2 Å². The lowest BCUT2D eigenvalue weighted by molar-refractivity contribution is -0.120. The van der Waals surface area contributed by atoms with Crippen molar-refractivity contribution in [2.45, 2.75) is 76.8 Å². The molecular formula is C46H53FN10O5. The van der Waals surface area contributed by atoms with Crippen LogP contribution in [0.15, 0.2) is 67.0 Å². The Kier molecular flexibility index (Phi) is 11.1. The number of urea groups is 1. The van der Waals surface area contributed by atoms with Gasteiger partial charge in [0.05, 0.1) is 29.4 Å². The highest BCUT2D eigenvalue weighted by Gasteiger charge is 2.39. The second kappa shape index (κ2) is 16.6. The predicted molar refractivity (Wildman–Crippen MR) is 234 cm³/mol. The number of aromatic nitrogens is 4. The van der Waals surface area contributed by atoms with Crippen LogP contribution in [0.4, 0.5) is 26.4 Å². The number of hydrogen-bond donors (Lipinski definition) is 3. The van der Waals surface area contributed by atoms with E-state index in [1.54, 1.807) is 34.2 Å². The lowest BCUT2D eigenvalue weighted by Crippen LogP contribution is -2.51. The zero-order chi connectivity index (χ0) is 43.3. The molecule has 4 aliphatic heterocycles. The van der Waals surface area contributed by atoms with Crippen LogP contribution in [-0.2, 0) is 9.53 Å². The molecule has 2 atom stereocenters. The van der Waals surface area contributed by atoms with Gasteiger partial charge in [0.2, 0.25) is 5.91 Å². The number of imide groups is 1. The smallest absolute Gasteiger partial charge is 0.328 e. The lowest BCUT2D eigenvalue weighted by atomic mass is 9.90. The number of pyridine rings is 1. The van der Waals surface area contributed by atoms with Crippen molar-refractivity contribution in [2.75, 3.05) is 67.9 Å². The third kappa shape index (κ3) is 8.16. The quantitative estimate of drug-likeness (QED) is 0.165. The summed E-state index contributed by atoms with van der Waals surface area (Å²) in [5.74, 6) is 0.0374. The van der Waals surface area contributed by atoms with E-state index < -0.39 is 11.7 Å². The molecule has 4 fully saturated rings. The van der Waals surface area contributed by atoms with E-state index in [-0.39, 0.29) is 60.9 Å². The third-order valence-corrected chi connectivity index (χ3v) is 13.1. The zero-order valence-electron chi connectivity index (χ0n) is 35.4. The normalized spacial score (nSPS) is 21.4. The number of phenolic OH excluding ortho intramolecular Hbond substituents is 1. The minimum absolute atomic E-state index is 0.0898. The fourth-order valence-electron chi connectivity index (χ4n) is 9.64. The summed E-state index contributed by atoms with van der Waals surface area (Å²) in [5, 5.41) is 22.2. The topological polar surface area (TPSA) is 175 Å². The summed E-state index contributed by atoms with van der Waals surface area (Å²) in [4.78, 5) is 50.4. The number of nitrogens with two attached hydrogens (primary N) is 1. The Morgan fingerprint density at radius 3 is 2.50 bits per heavy atom. The molecule has 0 bridgehead atoms. The Hall–Kier alpha value is -6.13. The second-order valence-electron chi connectivity index (χ2n) is 17.4. The molecule has 0 saturated carbocycles. The summed E-state index contributed by atoms with van der Waals surface area (Å²) in [5.41, 5.74) is 11.7. The molecule has 0 radical (unpaired) electrons. The number of nitrogen functional groups attached to an aromatic ring is 1. The maximum absolute atomic E-state index is 16.5. The summed E-state index contributed by atoms with van der Waals surface area (Å²) in [6.45, 7) is 9.96. The van der Waals surface area contributed by atoms with Gasteiger partial charge in [-0.2, -0.15) is 0 Å². The number of aromatic hydroxyl groups is 1. The number of morpholine rings is 1. The molecule has 9 rings (SSSR count). The number of benzene rings is 2. The number of hydrogen-bond acceptors (Lipinski definition) is 11. The molecule has 0 aliphatic carbocycles. The maximum atomic E-state index is 16.5. The van der Waals surface area contributed by atoms with E-state index in [0.29, 0.717) is 67.5 Å². The van der Waals surface area contributed by atoms with Crippen LogP contribution in [0.5, 0.6) is 5.75 Å². The number of ether oxygens (including phenoxy) is 1.